The molecule has 0 radical (unpaired) electrons. The average molecular weight is 983 g/mol. The first-order valence-electron chi connectivity index (χ1n) is 20.7. The number of aliphatic hydroxyl groups excluding tert-OH is 1. The van der Waals surface area contributed by atoms with E-state index in [-0.39, 0.29) is 30.4 Å². The van der Waals surface area contributed by atoms with Crippen molar-refractivity contribution < 1.29 is 79.5 Å². The van der Waals surface area contributed by atoms with Gasteiger partial charge in [0, 0.05) is 41.8 Å². The number of aliphatic carboxylic acids is 7. The summed E-state index contributed by atoms with van der Waals surface area (Å²) in [5.74, 6) is -6.72. The molecule has 2 heterocycles. The summed E-state index contributed by atoms with van der Waals surface area (Å²) in [7, 11) is 0. The summed E-state index contributed by atoms with van der Waals surface area (Å²) in [6, 6.07) is 8.22. The zero-order valence-corrected chi connectivity index (χ0v) is 39.0. The number of carboxylic acid groups (broad SMARTS) is 7. The molecule has 0 unspecified atom stereocenters. The number of carbonyl (C=O) groups is 7. The molecule has 69 heavy (non-hydrogen) atoms. The number of phenols is 1. The van der Waals surface area contributed by atoms with Crippen molar-refractivity contribution in [3.8, 4) is 5.75 Å². The van der Waals surface area contributed by atoms with E-state index in [0.29, 0.717) is 6.42 Å². The zero-order chi connectivity index (χ0) is 54.1. The largest absolute Gasteiger partial charge is 0.508 e. The van der Waals surface area contributed by atoms with Gasteiger partial charge in [-0.1, -0.05) is 64.4 Å². The molecule has 0 aliphatic carbocycles. The second-order valence-electron chi connectivity index (χ2n) is 15.2. The van der Waals surface area contributed by atoms with Gasteiger partial charge in [0.15, 0.2) is 0 Å². The second kappa shape index (κ2) is 36.1. The molecule has 0 aliphatic rings. The molecule has 25 N–H and O–H groups in total. The number of fused-ring (bicyclic) bond motifs is 1. The number of carboxylic acids is 7. The van der Waals surface area contributed by atoms with Gasteiger partial charge in [-0.15, -0.1) is 0 Å². The third-order valence-electron chi connectivity index (χ3n) is 8.90. The number of H-pyrrole nitrogens is 2. The van der Waals surface area contributed by atoms with Crippen LogP contribution in [0.1, 0.15) is 57.9 Å². The van der Waals surface area contributed by atoms with Crippen LogP contribution in [0.5, 0.6) is 5.75 Å². The Bertz CT molecular complexity index is 2100. The predicted octanol–water partition coefficient (Wildman–Crippen LogP) is -0.860. The van der Waals surface area contributed by atoms with Crippen molar-refractivity contribution in [2.24, 2.45) is 52.0 Å². The lowest BCUT2D eigenvalue weighted by Gasteiger charge is -2.11. The summed E-state index contributed by atoms with van der Waals surface area (Å²) in [6.07, 6.45) is 6.58. The number of hydrogen-bond acceptors (Lipinski definition) is 17. The first kappa shape index (κ1) is 66.2. The quantitative estimate of drug-likeness (QED) is 0.0612. The smallest absolute Gasteiger partial charge is 0.322 e. The molecule has 26 nitrogen and oxygen atoms in total. The number of nitrogens with zero attached hydrogens (tertiary/aromatic N) is 1. The van der Waals surface area contributed by atoms with Crippen LogP contribution in [0.2, 0.25) is 0 Å². The predicted molar refractivity (Wildman–Crippen MR) is 252 cm³/mol. The Morgan fingerprint density at radius 2 is 1.03 bits per heavy atom. The zero-order valence-electron chi connectivity index (χ0n) is 39.0. The molecule has 0 aliphatic heterocycles. The van der Waals surface area contributed by atoms with E-state index in [4.69, 9.17) is 86.1 Å². The van der Waals surface area contributed by atoms with Gasteiger partial charge in [-0.25, -0.2) is 4.98 Å². The van der Waals surface area contributed by atoms with E-state index in [2.05, 4.69) is 15.0 Å². The van der Waals surface area contributed by atoms with Crippen LogP contribution >= 0.6 is 0 Å². The van der Waals surface area contributed by atoms with Gasteiger partial charge in [-0.2, -0.15) is 0 Å². The fraction of sp³-hybridized carbons (Fsp3) is 0.442. The molecule has 0 bridgehead atoms. The highest BCUT2D eigenvalue weighted by Gasteiger charge is 2.18. The SMILES string of the molecule is CC(C)[C@H](N)C(=O)O.CC[C@H](C)[C@H](N)C(=O)O.C[C@H](N)C(=O)O.N[C@@H](CO)C(=O)O.N[C@@H](Cc1c[nH]c2ccccc12)C(=O)O.N[C@@H](Cc1ccc(O)cc1)C(=O)O.N[C@@H](Cc1cnc[nH]1)C(=O)O. The minimum atomic E-state index is -1.18. The molecule has 0 saturated heterocycles. The number of phenolic OH excluding ortho intramolecular Hbond substituents is 1. The Balaban J connectivity index is -0.000000754. The molecule has 0 spiro atoms. The summed E-state index contributed by atoms with van der Waals surface area (Å²) in [6.45, 7) is 8.22. The number of aromatic amines is 2. The standard InChI is InChI=1S/C11H12N2O2.C9H11NO3.C6H9N3O2.C6H13NO2.C5H11NO2.C3H7NO3.C3H7NO2/c12-9(11(14)15)5-7-6-13-10-4-2-1-3-8(7)10;10-8(9(12)13)5-6-1-3-7(11)4-2-6;7-5(6(10)11)1-4-2-8-3-9-4;1-3-4(2)5(7)6(8)9;1-3(2)4(6)5(7)8;4-2(1-5)3(6)7;1-2(4)3(5)6/h1-4,6,9,13H,5,12H2,(H,14,15);1-4,8,11H,5,10H2,(H,12,13);2-3,5H,1,7H2,(H,8,9)(H,10,11);4-5H,3,7H2,1-2H3,(H,8,9);3-4H,6H2,1-2H3,(H,7,8);2,5H,1,4H2,(H,6,7);2H,4H2,1H3,(H,5,6)/t9-;8-;5-;4-,5-;4-;2*2-/m0000000/s1. The third kappa shape index (κ3) is 31.5. The Hall–Kier alpha value is -7.04. The number of imidazole rings is 1. The van der Waals surface area contributed by atoms with Crippen LogP contribution in [0.4, 0.5) is 0 Å². The molecule has 0 saturated carbocycles. The lowest BCUT2D eigenvalue weighted by molar-refractivity contribution is -0.140. The molecule has 26 heteroatoms. The lowest BCUT2D eigenvalue weighted by Crippen LogP contribution is -2.36. The summed E-state index contributed by atoms with van der Waals surface area (Å²) < 4.78 is 0. The highest BCUT2D eigenvalue weighted by molar-refractivity contribution is 5.84. The number of nitrogens with two attached hydrogens (primary N) is 7. The van der Waals surface area contributed by atoms with Crippen molar-refractivity contribution in [2.75, 3.05) is 6.61 Å². The molecule has 0 fully saturated rings. The van der Waals surface area contributed by atoms with Crippen LogP contribution in [-0.2, 0) is 52.8 Å². The maximum Gasteiger partial charge on any atom is 0.322 e. The van der Waals surface area contributed by atoms with Gasteiger partial charge in [0.25, 0.3) is 0 Å². The van der Waals surface area contributed by atoms with E-state index in [0.717, 1.165) is 34.1 Å². The van der Waals surface area contributed by atoms with Crippen LogP contribution in [-0.4, -0.2) is 152 Å². The highest BCUT2D eigenvalue weighted by Crippen LogP contribution is 2.18. The molecule has 8 atom stereocenters. The monoisotopic (exact) mass is 982 g/mol. The fourth-order valence-corrected chi connectivity index (χ4v) is 4.18. The van der Waals surface area contributed by atoms with Crippen LogP contribution < -0.4 is 40.1 Å². The summed E-state index contributed by atoms with van der Waals surface area (Å²) in [4.78, 5) is 80.3. The molecular weight excluding hydrogens is 913 g/mol. The summed E-state index contributed by atoms with van der Waals surface area (Å²) in [5.41, 5.74) is 39.6. The van der Waals surface area contributed by atoms with Crippen molar-refractivity contribution in [1.82, 2.24) is 15.0 Å². The third-order valence-corrected chi connectivity index (χ3v) is 8.90. The van der Waals surface area contributed by atoms with Crippen LogP contribution in [0.15, 0.2) is 67.3 Å². The topological polar surface area (TPSA) is 528 Å². The number of aliphatic hydroxyl groups is 1. The number of hydrogen-bond donors (Lipinski definition) is 18. The molecule has 0 amide bonds. The van der Waals surface area contributed by atoms with Crippen molar-refractivity contribution in [3.63, 3.8) is 0 Å². The summed E-state index contributed by atoms with van der Waals surface area (Å²) >= 11 is 0. The van der Waals surface area contributed by atoms with E-state index >= 15 is 0 Å². The molecule has 4 rings (SSSR count). The normalized spacial score (nSPS) is 13.5. The molecule has 4 aromatic rings. The number of nitrogens with one attached hydrogen (secondary N) is 2. The lowest BCUT2D eigenvalue weighted by atomic mass is 10.0. The minimum Gasteiger partial charge on any atom is -0.508 e. The second-order valence-corrected chi connectivity index (χ2v) is 15.2. The highest BCUT2D eigenvalue weighted by atomic mass is 16.4. The Morgan fingerprint density at radius 3 is 1.36 bits per heavy atom. The van der Waals surface area contributed by atoms with Gasteiger partial charge in [0.2, 0.25) is 0 Å². The number of para-hydroxylation sites is 1. The number of rotatable bonds is 17. The number of aromatic hydroxyl groups is 1. The Morgan fingerprint density at radius 1 is 0.580 bits per heavy atom. The van der Waals surface area contributed by atoms with E-state index < -0.39 is 90.7 Å². The van der Waals surface area contributed by atoms with E-state index in [9.17, 15) is 33.6 Å². The molecule has 2 aromatic carbocycles. The van der Waals surface area contributed by atoms with Crippen LogP contribution in [0.3, 0.4) is 0 Å². The van der Waals surface area contributed by atoms with Crippen LogP contribution in [0, 0.1) is 11.8 Å². The van der Waals surface area contributed by atoms with Crippen LogP contribution in [0.25, 0.3) is 10.9 Å². The first-order chi connectivity index (χ1) is 31.9. The van der Waals surface area contributed by atoms with Gasteiger partial charge in [0.1, 0.15) is 48.0 Å². The van der Waals surface area contributed by atoms with E-state index in [1.54, 1.807) is 32.2 Å². The Labute approximate surface area is 397 Å². The van der Waals surface area contributed by atoms with Gasteiger partial charge >= 0.3 is 41.8 Å². The van der Waals surface area contributed by atoms with Gasteiger partial charge in [0.05, 0.1) is 12.9 Å². The van der Waals surface area contributed by atoms with Crippen molar-refractivity contribution in [1.29, 1.82) is 0 Å². The molecule has 388 valence electrons. The Kier molecular flexibility index (Phi) is 34.6. The fourth-order valence-electron chi connectivity index (χ4n) is 4.18. The minimum absolute atomic E-state index is 0.0208. The maximum atomic E-state index is 10.6. The summed E-state index contributed by atoms with van der Waals surface area (Å²) in [5, 5.41) is 76.0. The molecule has 2 aromatic heterocycles. The van der Waals surface area contributed by atoms with Gasteiger partial charge < -0.3 is 96.1 Å². The van der Waals surface area contributed by atoms with Gasteiger partial charge in [-0.3, -0.25) is 33.6 Å². The number of aromatic nitrogens is 3. The van der Waals surface area contributed by atoms with E-state index in [1.165, 1.54) is 25.4 Å². The van der Waals surface area contributed by atoms with Crippen molar-refractivity contribution in [2.45, 2.75) is 103 Å². The first-order valence-corrected chi connectivity index (χ1v) is 20.7. The number of benzene rings is 2. The molecular formula is C43H70N10O16. The van der Waals surface area contributed by atoms with Crippen molar-refractivity contribution >= 4 is 52.7 Å². The van der Waals surface area contributed by atoms with E-state index in [1.807, 2.05) is 44.3 Å². The van der Waals surface area contributed by atoms with Crippen molar-refractivity contribution in [3.05, 3.63) is 84.1 Å². The average Bonchev–Trinajstić information content (AvgIpc) is 3.97. The maximum absolute atomic E-state index is 10.6. The van der Waals surface area contributed by atoms with Gasteiger partial charge in [-0.05, 0) is 54.5 Å².